The minimum absolute atomic E-state index is 0.0676. The van der Waals surface area contributed by atoms with Gasteiger partial charge in [-0.05, 0) is 25.1 Å². The fraction of sp³-hybridized carbons (Fsp3) is 0.625. The summed E-state index contributed by atoms with van der Waals surface area (Å²) in [6, 6.07) is 6.94. The number of piperazine rings is 1. The normalized spacial score (nSPS) is 27.9. The number of aryl methyl sites for hydroxylation is 1. The number of rotatable bonds is 2. The molecule has 0 aliphatic carbocycles. The molecule has 1 fully saturated rings. The third kappa shape index (κ3) is 2.55. The summed E-state index contributed by atoms with van der Waals surface area (Å²) >= 11 is 0. The minimum Gasteiger partial charge on any atom is -0.492 e. The van der Waals surface area contributed by atoms with Crippen LogP contribution in [-0.4, -0.2) is 55.7 Å². The molecule has 1 saturated heterocycles. The van der Waals surface area contributed by atoms with E-state index in [9.17, 15) is 0 Å². The van der Waals surface area contributed by atoms with Crippen LogP contribution in [0.25, 0.3) is 0 Å². The molecule has 2 aliphatic rings. The van der Waals surface area contributed by atoms with Crippen LogP contribution in [0.15, 0.2) is 18.2 Å². The number of nitrogens with two attached hydrogens (primary N) is 1. The molecule has 4 heteroatoms. The highest BCUT2D eigenvalue weighted by molar-refractivity contribution is 5.42. The number of hydrogen-bond donors (Lipinski definition) is 1. The lowest BCUT2D eigenvalue weighted by molar-refractivity contribution is 0.0724. The Kier molecular flexibility index (Phi) is 3.96. The Morgan fingerprint density at radius 3 is 2.70 bits per heavy atom. The monoisotopic (exact) mass is 275 g/mol. The highest BCUT2D eigenvalue weighted by Crippen LogP contribution is 2.36. The van der Waals surface area contributed by atoms with Gasteiger partial charge in [-0.3, -0.25) is 4.90 Å². The third-order valence-electron chi connectivity index (χ3n) is 4.57. The Labute approximate surface area is 121 Å². The van der Waals surface area contributed by atoms with Gasteiger partial charge in [-0.15, -0.1) is 0 Å². The van der Waals surface area contributed by atoms with Crippen molar-refractivity contribution in [3.05, 3.63) is 29.3 Å². The van der Waals surface area contributed by atoms with Crippen molar-refractivity contribution in [3.8, 4) is 5.75 Å². The summed E-state index contributed by atoms with van der Waals surface area (Å²) in [6.45, 7) is 7.22. The molecule has 0 saturated carbocycles. The van der Waals surface area contributed by atoms with Crippen molar-refractivity contribution < 1.29 is 4.74 Å². The molecule has 4 nitrogen and oxygen atoms in total. The molecular weight excluding hydrogens is 250 g/mol. The molecule has 0 aromatic heterocycles. The Bertz CT molecular complexity index is 469. The lowest BCUT2D eigenvalue weighted by Crippen LogP contribution is -2.53. The molecule has 1 aromatic carbocycles. The van der Waals surface area contributed by atoms with Crippen LogP contribution in [0.3, 0.4) is 0 Å². The molecule has 3 rings (SSSR count). The van der Waals surface area contributed by atoms with Gasteiger partial charge in [0.25, 0.3) is 0 Å². The van der Waals surface area contributed by atoms with Crippen molar-refractivity contribution in [1.29, 1.82) is 0 Å². The maximum absolute atomic E-state index is 6.37. The van der Waals surface area contributed by atoms with E-state index in [1.165, 1.54) is 11.1 Å². The predicted octanol–water partition coefficient (Wildman–Crippen LogP) is 1.26. The van der Waals surface area contributed by atoms with Crippen LogP contribution in [0.2, 0.25) is 0 Å². The molecule has 110 valence electrons. The second kappa shape index (κ2) is 5.72. The lowest BCUT2D eigenvalue weighted by atomic mass is 9.92. The van der Waals surface area contributed by atoms with Gasteiger partial charge in [0.15, 0.2) is 0 Å². The topological polar surface area (TPSA) is 41.7 Å². The Morgan fingerprint density at radius 1 is 1.25 bits per heavy atom. The van der Waals surface area contributed by atoms with E-state index >= 15 is 0 Å². The second-order valence-corrected chi connectivity index (χ2v) is 5.98. The Hall–Kier alpha value is -1.10. The van der Waals surface area contributed by atoms with E-state index in [1.807, 2.05) is 0 Å². The van der Waals surface area contributed by atoms with Crippen LogP contribution >= 0.6 is 0 Å². The first kappa shape index (κ1) is 13.9. The van der Waals surface area contributed by atoms with Crippen molar-refractivity contribution >= 4 is 0 Å². The van der Waals surface area contributed by atoms with E-state index < -0.39 is 0 Å². The SMILES string of the molecule is CCc1ccc2c(c1)C(N1CCN(C)CC1)C(N)CO2. The van der Waals surface area contributed by atoms with Crippen LogP contribution in [0.1, 0.15) is 24.1 Å². The standard InChI is InChI=1S/C16H25N3O/c1-3-12-4-5-15-13(10-12)16(14(17)11-20-15)19-8-6-18(2)7-9-19/h4-5,10,14,16H,3,6-9,11,17H2,1-2H3. The number of fused-ring (bicyclic) bond motifs is 1. The largest absolute Gasteiger partial charge is 0.492 e. The highest BCUT2D eigenvalue weighted by atomic mass is 16.5. The van der Waals surface area contributed by atoms with Crippen LogP contribution in [0.5, 0.6) is 5.75 Å². The van der Waals surface area contributed by atoms with Crippen LogP contribution in [0.4, 0.5) is 0 Å². The second-order valence-electron chi connectivity index (χ2n) is 5.98. The van der Waals surface area contributed by atoms with Gasteiger partial charge in [-0.2, -0.15) is 0 Å². The van der Waals surface area contributed by atoms with E-state index in [0.717, 1.165) is 38.3 Å². The quantitative estimate of drug-likeness (QED) is 0.882. The number of benzene rings is 1. The summed E-state index contributed by atoms with van der Waals surface area (Å²) in [4.78, 5) is 4.91. The summed E-state index contributed by atoms with van der Waals surface area (Å²) in [7, 11) is 2.18. The summed E-state index contributed by atoms with van der Waals surface area (Å²) < 4.78 is 5.82. The Balaban J connectivity index is 1.90. The molecule has 2 heterocycles. The van der Waals surface area contributed by atoms with Crippen LogP contribution in [0, 0.1) is 0 Å². The molecule has 2 unspecified atom stereocenters. The average molecular weight is 275 g/mol. The molecule has 2 atom stereocenters. The van der Waals surface area contributed by atoms with Gasteiger partial charge >= 0.3 is 0 Å². The summed E-state index contributed by atoms with van der Waals surface area (Å²) in [5, 5.41) is 0. The van der Waals surface area contributed by atoms with Crippen LogP contribution < -0.4 is 10.5 Å². The number of hydrogen-bond acceptors (Lipinski definition) is 4. The molecule has 0 spiro atoms. The van der Waals surface area contributed by atoms with Gasteiger partial charge in [0.2, 0.25) is 0 Å². The minimum atomic E-state index is 0.0676. The fourth-order valence-corrected chi connectivity index (χ4v) is 3.26. The molecule has 0 radical (unpaired) electrons. The lowest BCUT2D eigenvalue weighted by Gasteiger charge is -2.43. The highest BCUT2D eigenvalue weighted by Gasteiger charge is 2.34. The fourth-order valence-electron chi connectivity index (χ4n) is 3.26. The summed E-state index contributed by atoms with van der Waals surface area (Å²) in [5.41, 5.74) is 9.02. The van der Waals surface area contributed by atoms with Crippen molar-refractivity contribution in [2.24, 2.45) is 5.73 Å². The first-order valence-electron chi connectivity index (χ1n) is 7.63. The Morgan fingerprint density at radius 2 is 2.00 bits per heavy atom. The van der Waals surface area contributed by atoms with E-state index in [0.29, 0.717) is 12.6 Å². The van der Waals surface area contributed by atoms with Gasteiger partial charge in [0, 0.05) is 31.7 Å². The molecule has 2 N–H and O–H groups in total. The number of nitrogens with zero attached hydrogens (tertiary/aromatic N) is 2. The third-order valence-corrected chi connectivity index (χ3v) is 4.57. The van der Waals surface area contributed by atoms with E-state index in [1.54, 1.807) is 0 Å². The maximum atomic E-state index is 6.37. The van der Waals surface area contributed by atoms with Crippen molar-refractivity contribution in [2.45, 2.75) is 25.4 Å². The average Bonchev–Trinajstić information content (AvgIpc) is 2.48. The zero-order valence-electron chi connectivity index (χ0n) is 12.5. The zero-order valence-corrected chi connectivity index (χ0v) is 12.5. The molecule has 0 bridgehead atoms. The predicted molar refractivity (Wildman–Crippen MR) is 81.1 cm³/mol. The van der Waals surface area contributed by atoms with Gasteiger partial charge < -0.3 is 15.4 Å². The smallest absolute Gasteiger partial charge is 0.124 e. The molecular formula is C16H25N3O. The van der Waals surface area contributed by atoms with Crippen molar-refractivity contribution in [1.82, 2.24) is 9.80 Å². The zero-order chi connectivity index (χ0) is 14.1. The van der Waals surface area contributed by atoms with E-state index in [-0.39, 0.29) is 6.04 Å². The van der Waals surface area contributed by atoms with Gasteiger partial charge in [0.1, 0.15) is 12.4 Å². The van der Waals surface area contributed by atoms with E-state index in [4.69, 9.17) is 10.5 Å². The van der Waals surface area contributed by atoms with Gasteiger partial charge in [-0.1, -0.05) is 19.1 Å². The van der Waals surface area contributed by atoms with Gasteiger partial charge in [-0.25, -0.2) is 0 Å². The number of likely N-dealkylation sites (N-methyl/N-ethyl adjacent to an activating group) is 1. The molecule has 0 amide bonds. The molecule has 2 aliphatic heterocycles. The van der Waals surface area contributed by atoms with Gasteiger partial charge in [0.05, 0.1) is 12.1 Å². The van der Waals surface area contributed by atoms with E-state index in [2.05, 4.69) is 42.0 Å². The molecule has 1 aromatic rings. The summed E-state index contributed by atoms with van der Waals surface area (Å²) in [5.74, 6) is 1.02. The van der Waals surface area contributed by atoms with Crippen LogP contribution in [-0.2, 0) is 6.42 Å². The van der Waals surface area contributed by atoms with Crippen molar-refractivity contribution in [3.63, 3.8) is 0 Å². The van der Waals surface area contributed by atoms with Crippen molar-refractivity contribution in [2.75, 3.05) is 39.8 Å². The summed E-state index contributed by atoms with van der Waals surface area (Å²) in [6.07, 6.45) is 1.05. The first-order valence-corrected chi connectivity index (χ1v) is 7.63. The first-order chi connectivity index (χ1) is 9.69. The maximum Gasteiger partial charge on any atom is 0.124 e. The number of ether oxygens (including phenoxy) is 1. The molecule has 20 heavy (non-hydrogen) atoms.